The van der Waals surface area contributed by atoms with Gasteiger partial charge >= 0.3 is 0 Å². The topological polar surface area (TPSA) is 111 Å². The molecule has 0 atom stereocenters. The second-order valence-electron chi connectivity index (χ2n) is 4.23. The van der Waals surface area contributed by atoms with Gasteiger partial charge in [0.15, 0.2) is 0 Å². The molecule has 1 aromatic carbocycles. The number of sulfonamides is 1. The van der Waals surface area contributed by atoms with Crippen molar-refractivity contribution in [3.05, 3.63) is 23.8 Å². The van der Waals surface area contributed by atoms with E-state index in [-0.39, 0.29) is 12.5 Å². The van der Waals surface area contributed by atoms with E-state index in [0.29, 0.717) is 30.0 Å². The highest BCUT2D eigenvalue weighted by Gasteiger charge is 2.09. The number of methoxy groups -OCH3 is 1. The lowest BCUT2D eigenvalue weighted by molar-refractivity contribution is 0.0954. The number of nitrogens with one attached hydrogen (secondary N) is 2. The van der Waals surface area contributed by atoms with Crippen LogP contribution in [0.2, 0.25) is 0 Å². The minimum atomic E-state index is -3.19. The van der Waals surface area contributed by atoms with Gasteiger partial charge in [-0.3, -0.25) is 4.79 Å². The van der Waals surface area contributed by atoms with E-state index in [1.54, 1.807) is 18.2 Å². The van der Waals surface area contributed by atoms with Gasteiger partial charge in [0.05, 0.1) is 18.9 Å². The van der Waals surface area contributed by atoms with Gasteiger partial charge in [-0.2, -0.15) is 0 Å². The molecule has 0 saturated heterocycles. The Labute approximate surface area is 118 Å². The fourth-order valence-corrected chi connectivity index (χ4v) is 2.03. The normalized spacial score (nSPS) is 11.1. The fraction of sp³-hybridized carbons (Fsp3) is 0.417. The highest BCUT2D eigenvalue weighted by Crippen LogP contribution is 2.19. The van der Waals surface area contributed by atoms with Crippen LogP contribution in [0.5, 0.6) is 5.75 Å². The Morgan fingerprint density at radius 2 is 2.05 bits per heavy atom. The number of rotatable bonds is 7. The molecular weight excluding hydrogens is 282 g/mol. The van der Waals surface area contributed by atoms with Crippen molar-refractivity contribution in [3.8, 4) is 5.75 Å². The minimum Gasteiger partial charge on any atom is -0.497 e. The Hall–Kier alpha value is -1.80. The molecule has 1 rings (SSSR count). The first kappa shape index (κ1) is 16.3. The molecule has 20 heavy (non-hydrogen) atoms. The number of hydrogen-bond donors (Lipinski definition) is 3. The number of ether oxygens (including phenoxy) is 1. The maximum atomic E-state index is 11.9. The zero-order chi connectivity index (χ0) is 15.2. The van der Waals surface area contributed by atoms with Gasteiger partial charge in [0.25, 0.3) is 5.91 Å². The lowest BCUT2D eigenvalue weighted by Gasteiger charge is -2.09. The third-order valence-electron chi connectivity index (χ3n) is 2.51. The Bertz CT molecular complexity index is 572. The zero-order valence-corrected chi connectivity index (χ0v) is 12.3. The molecule has 1 amide bonds. The van der Waals surface area contributed by atoms with Gasteiger partial charge in [-0.15, -0.1) is 0 Å². The summed E-state index contributed by atoms with van der Waals surface area (Å²) >= 11 is 0. The molecule has 0 heterocycles. The third-order valence-corrected chi connectivity index (χ3v) is 3.24. The van der Waals surface area contributed by atoms with Crippen molar-refractivity contribution in [1.29, 1.82) is 0 Å². The van der Waals surface area contributed by atoms with Gasteiger partial charge in [0, 0.05) is 24.8 Å². The van der Waals surface area contributed by atoms with Crippen molar-refractivity contribution in [3.63, 3.8) is 0 Å². The standard InChI is InChI=1S/C12H19N3O4S/c1-19-9-4-5-10(11(13)8-9)12(16)14-6-3-7-15-20(2,17)18/h4-5,8,15H,3,6-7,13H2,1-2H3,(H,14,16). The summed E-state index contributed by atoms with van der Waals surface area (Å²) in [7, 11) is -1.67. The number of nitrogen functional groups attached to an aromatic ring is 1. The average molecular weight is 301 g/mol. The third kappa shape index (κ3) is 5.45. The number of anilines is 1. The molecule has 1 aromatic rings. The summed E-state index contributed by atoms with van der Waals surface area (Å²) in [6.07, 6.45) is 1.58. The Morgan fingerprint density at radius 1 is 1.35 bits per heavy atom. The SMILES string of the molecule is COc1ccc(C(=O)NCCCNS(C)(=O)=O)c(N)c1. The monoisotopic (exact) mass is 301 g/mol. The number of benzene rings is 1. The number of amides is 1. The molecule has 0 unspecified atom stereocenters. The highest BCUT2D eigenvalue weighted by atomic mass is 32.2. The quantitative estimate of drug-likeness (QED) is 0.483. The fourth-order valence-electron chi connectivity index (χ4n) is 1.52. The molecule has 0 aromatic heterocycles. The first-order valence-corrected chi connectivity index (χ1v) is 7.89. The van der Waals surface area contributed by atoms with Crippen molar-refractivity contribution in [2.45, 2.75) is 6.42 Å². The Balaban J connectivity index is 2.43. The van der Waals surface area contributed by atoms with E-state index in [0.717, 1.165) is 6.26 Å². The molecule has 7 nitrogen and oxygen atoms in total. The molecule has 0 fully saturated rings. The van der Waals surface area contributed by atoms with Gasteiger partial charge in [-0.1, -0.05) is 0 Å². The molecule has 4 N–H and O–H groups in total. The van der Waals surface area contributed by atoms with Crippen LogP contribution in [0.3, 0.4) is 0 Å². The second-order valence-corrected chi connectivity index (χ2v) is 6.06. The molecule has 0 aliphatic heterocycles. The maximum absolute atomic E-state index is 11.9. The largest absolute Gasteiger partial charge is 0.497 e. The van der Waals surface area contributed by atoms with E-state index >= 15 is 0 Å². The predicted octanol–water partition coefficient (Wildman–Crippen LogP) is -0.0535. The van der Waals surface area contributed by atoms with Crippen LogP contribution in [-0.2, 0) is 10.0 Å². The van der Waals surface area contributed by atoms with Gasteiger partial charge in [-0.25, -0.2) is 13.1 Å². The summed E-state index contributed by atoms with van der Waals surface area (Å²) in [5.74, 6) is 0.279. The van der Waals surface area contributed by atoms with Crippen molar-refractivity contribution < 1.29 is 17.9 Å². The smallest absolute Gasteiger partial charge is 0.253 e. The van der Waals surface area contributed by atoms with E-state index < -0.39 is 10.0 Å². The highest BCUT2D eigenvalue weighted by molar-refractivity contribution is 7.88. The van der Waals surface area contributed by atoms with E-state index in [1.165, 1.54) is 7.11 Å². The van der Waals surface area contributed by atoms with Crippen LogP contribution in [-0.4, -0.2) is 40.8 Å². The molecule has 8 heteroatoms. The van der Waals surface area contributed by atoms with Crippen molar-refractivity contribution in [2.75, 3.05) is 32.2 Å². The lowest BCUT2D eigenvalue weighted by atomic mass is 10.1. The summed E-state index contributed by atoms with van der Waals surface area (Å²) in [6, 6.07) is 4.80. The maximum Gasteiger partial charge on any atom is 0.253 e. The van der Waals surface area contributed by atoms with E-state index in [2.05, 4.69) is 10.0 Å². The minimum absolute atomic E-state index is 0.275. The Morgan fingerprint density at radius 3 is 2.60 bits per heavy atom. The summed E-state index contributed by atoms with van der Waals surface area (Å²) < 4.78 is 29.0. The lowest BCUT2D eigenvalue weighted by Crippen LogP contribution is -2.29. The van der Waals surface area contributed by atoms with Crippen LogP contribution in [0.4, 0.5) is 5.69 Å². The predicted molar refractivity (Wildman–Crippen MR) is 77.2 cm³/mol. The van der Waals surface area contributed by atoms with Gasteiger partial charge in [0.1, 0.15) is 5.75 Å². The van der Waals surface area contributed by atoms with Crippen LogP contribution in [0.1, 0.15) is 16.8 Å². The molecule has 0 aliphatic carbocycles. The molecular formula is C12H19N3O4S. The molecule has 0 bridgehead atoms. The van der Waals surface area contributed by atoms with Crippen LogP contribution >= 0.6 is 0 Å². The summed E-state index contributed by atoms with van der Waals surface area (Å²) in [5.41, 5.74) is 6.45. The number of carbonyl (C=O) groups excluding carboxylic acids is 1. The molecule has 0 aliphatic rings. The van der Waals surface area contributed by atoms with Crippen LogP contribution in [0.25, 0.3) is 0 Å². The number of carbonyl (C=O) groups is 1. The van der Waals surface area contributed by atoms with Crippen molar-refractivity contribution in [1.82, 2.24) is 10.0 Å². The van der Waals surface area contributed by atoms with Crippen LogP contribution < -0.4 is 20.5 Å². The van der Waals surface area contributed by atoms with Gasteiger partial charge in [-0.05, 0) is 18.6 Å². The van der Waals surface area contributed by atoms with Crippen molar-refractivity contribution in [2.24, 2.45) is 0 Å². The van der Waals surface area contributed by atoms with Gasteiger partial charge < -0.3 is 15.8 Å². The van der Waals surface area contributed by atoms with Gasteiger partial charge in [0.2, 0.25) is 10.0 Å². The second kappa shape index (κ2) is 7.11. The molecule has 0 spiro atoms. The van der Waals surface area contributed by atoms with Crippen LogP contribution in [0, 0.1) is 0 Å². The molecule has 0 saturated carbocycles. The summed E-state index contributed by atoms with van der Waals surface area (Å²) in [4.78, 5) is 11.9. The van der Waals surface area contributed by atoms with Crippen molar-refractivity contribution >= 4 is 21.6 Å². The number of hydrogen-bond acceptors (Lipinski definition) is 5. The molecule has 112 valence electrons. The van der Waals surface area contributed by atoms with E-state index in [9.17, 15) is 13.2 Å². The summed E-state index contributed by atoms with van der Waals surface area (Å²) in [5, 5.41) is 2.67. The van der Waals surface area contributed by atoms with E-state index in [4.69, 9.17) is 10.5 Å². The average Bonchev–Trinajstić information content (AvgIpc) is 2.36. The first-order valence-electron chi connectivity index (χ1n) is 6.00. The van der Waals surface area contributed by atoms with Crippen LogP contribution in [0.15, 0.2) is 18.2 Å². The molecule has 0 radical (unpaired) electrons. The first-order chi connectivity index (χ1) is 9.33. The van der Waals surface area contributed by atoms with E-state index in [1.807, 2.05) is 0 Å². The Kier molecular flexibility index (Phi) is 5.78. The summed E-state index contributed by atoms with van der Waals surface area (Å²) in [6.45, 7) is 0.629. The zero-order valence-electron chi connectivity index (χ0n) is 11.5. The number of nitrogens with two attached hydrogens (primary N) is 1.